The summed E-state index contributed by atoms with van der Waals surface area (Å²) in [6, 6.07) is 0. The molecule has 1 aromatic rings. The molecule has 0 unspecified atom stereocenters. The normalized spacial score (nSPS) is 11.5. The predicted molar refractivity (Wildman–Crippen MR) is 68.3 cm³/mol. The number of hydrogen-bond acceptors (Lipinski definition) is 5. The number of nitrogens with two attached hydrogens (primary N) is 1. The van der Waals surface area contributed by atoms with Crippen LogP contribution in [0, 0.1) is 11.5 Å². The number of guanidine groups is 1. The molecule has 0 aliphatic heterocycles. The predicted octanol–water partition coefficient (Wildman–Crippen LogP) is 0.350. The molecule has 0 saturated heterocycles. The van der Waals surface area contributed by atoms with E-state index in [2.05, 4.69) is 20.2 Å². The second-order valence-electron chi connectivity index (χ2n) is 3.52. The summed E-state index contributed by atoms with van der Waals surface area (Å²) >= 11 is 1.66. The largest absolute Gasteiger partial charge is 0.369 e. The van der Waals surface area contributed by atoms with Crippen LogP contribution < -0.4 is 11.1 Å². The number of hydrogen-bond donors (Lipinski definition) is 2. The molecular weight excluding hydrogens is 236 g/mol. The Bertz CT molecular complexity index is 380. The SMILES string of the molecule is CN(CCCN=C(N)NC#N)Cc1nccs1. The van der Waals surface area contributed by atoms with Gasteiger partial charge >= 0.3 is 0 Å². The van der Waals surface area contributed by atoms with Gasteiger partial charge in [-0.2, -0.15) is 5.26 Å². The van der Waals surface area contributed by atoms with Gasteiger partial charge in [-0.15, -0.1) is 11.3 Å². The molecule has 6 nitrogen and oxygen atoms in total. The lowest BCUT2D eigenvalue weighted by atomic mass is 10.4. The van der Waals surface area contributed by atoms with Crippen molar-refractivity contribution in [3.05, 3.63) is 16.6 Å². The number of nitrogens with zero attached hydrogens (tertiary/aromatic N) is 4. The van der Waals surface area contributed by atoms with E-state index < -0.39 is 0 Å². The zero-order chi connectivity index (χ0) is 12.5. The number of thiazole rings is 1. The first-order chi connectivity index (χ1) is 8.22. The third kappa shape index (κ3) is 5.85. The van der Waals surface area contributed by atoms with Crippen LogP contribution in [0.3, 0.4) is 0 Å². The standard InChI is InChI=1S/C10H16N6S/c1-16(7-9-13-4-6-17-9)5-2-3-14-10(12)15-8-11/h4,6H,2-3,5,7H2,1H3,(H3,12,14,15). The molecule has 0 radical (unpaired) electrons. The summed E-state index contributed by atoms with van der Waals surface area (Å²) in [6.07, 6.45) is 4.43. The summed E-state index contributed by atoms with van der Waals surface area (Å²) in [7, 11) is 2.04. The van der Waals surface area contributed by atoms with Gasteiger partial charge in [0.1, 0.15) is 5.01 Å². The summed E-state index contributed by atoms with van der Waals surface area (Å²) in [5.41, 5.74) is 5.41. The van der Waals surface area contributed by atoms with Crippen LogP contribution in [0.25, 0.3) is 0 Å². The molecule has 1 rings (SSSR count). The molecule has 92 valence electrons. The van der Waals surface area contributed by atoms with E-state index in [4.69, 9.17) is 11.0 Å². The van der Waals surface area contributed by atoms with Crippen molar-refractivity contribution in [2.24, 2.45) is 10.7 Å². The highest BCUT2D eigenvalue weighted by Gasteiger charge is 2.01. The first kappa shape index (κ1) is 13.4. The van der Waals surface area contributed by atoms with Gasteiger partial charge in [0.25, 0.3) is 0 Å². The molecule has 0 amide bonds. The summed E-state index contributed by atoms with van der Waals surface area (Å²) in [4.78, 5) is 10.4. The molecule has 0 aliphatic rings. The van der Waals surface area contributed by atoms with Crippen LogP contribution >= 0.6 is 11.3 Å². The maximum Gasteiger partial charge on any atom is 0.202 e. The van der Waals surface area contributed by atoms with E-state index in [9.17, 15) is 0 Å². The Balaban J connectivity index is 2.14. The number of rotatable bonds is 6. The fraction of sp³-hybridized carbons (Fsp3) is 0.500. The van der Waals surface area contributed by atoms with E-state index in [1.54, 1.807) is 17.5 Å². The minimum atomic E-state index is 0.176. The molecule has 7 heteroatoms. The van der Waals surface area contributed by atoms with E-state index in [0.29, 0.717) is 6.54 Å². The fourth-order valence-electron chi connectivity index (χ4n) is 1.28. The third-order valence-corrected chi connectivity index (χ3v) is 2.82. The van der Waals surface area contributed by atoms with Crippen molar-refractivity contribution in [2.75, 3.05) is 20.1 Å². The van der Waals surface area contributed by atoms with E-state index in [1.807, 2.05) is 18.6 Å². The minimum absolute atomic E-state index is 0.176. The molecule has 17 heavy (non-hydrogen) atoms. The van der Waals surface area contributed by atoms with Crippen molar-refractivity contribution in [3.63, 3.8) is 0 Å². The Morgan fingerprint density at radius 3 is 3.24 bits per heavy atom. The van der Waals surface area contributed by atoms with Gasteiger partial charge in [0, 0.05) is 24.7 Å². The molecule has 0 bridgehead atoms. The van der Waals surface area contributed by atoms with Crippen LogP contribution in [-0.4, -0.2) is 36.0 Å². The van der Waals surface area contributed by atoms with Crippen molar-refractivity contribution in [2.45, 2.75) is 13.0 Å². The molecule has 1 heterocycles. The molecule has 0 saturated carbocycles. The Morgan fingerprint density at radius 1 is 1.76 bits per heavy atom. The monoisotopic (exact) mass is 252 g/mol. The Morgan fingerprint density at radius 2 is 2.59 bits per heavy atom. The summed E-state index contributed by atoms with van der Waals surface area (Å²) in [5, 5.41) is 13.7. The molecule has 0 fully saturated rings. The zero-order valence-corrected chi connectivity index (χ0v) is 10.6. The number of aliphatic imine (C=N–C) groups is 1. The smallest absolute Gasteiger partial charge is 0.202 e. The highest BCUT2D eigenvalue weighted by Crippen LogP contribution is 2.06. The molecule has 0 spiro atoms. The van der Waals surface area contributed by atoms with Gasteiger partial charge in [0.15, 0.2) is 6.19 Å². The number of aromatic nitrogens is 1. The van der Waals surface area contributed by atoms with Gasteiger partial charge in [0.05, 0.1) is 6.54 Å². The maximum absolute atomic E-state index is 8.29. The van der Waals surface area contributed by atoms with Crippen LogP contribution in [0.5, 0.6) is 0 Å². The van der Waals surface area contributed by atoms with Crippen LogP contribution in [0.15, 0.2) is 16.6 Å². The van der Waals surface area contributed by atoms with Crippen LogP contribution in [0.2, 0.25) is 0 Å². The average Bonchev–Trinajstić information content (AvgIpc) is 2.77. The first-order valence-electron chi connectivity index (χ1n) is 5.24. The van der Waals surface area contributed by atoms with Crippen molar-refractivity contribution < 1.29 is 0 Å². The molecular formula is C10H16N6S. The van der Waals surface area contributed by atoms with Crippen molar-refractivity contribution in [3.8, 4) is 6.19 Å². The van der Waals surface area contributed by atoms with Crippen LogP contribution in [-0.2, 0) is 6.54 Å². The lowest BCUT2D eigenvalue weighted by Crippen LogP contribution is -2.28. The van der Waals surface area contributed by atoms with E-state index in [-0.39, 0.29) is 5.96 Å². The average molecular weight is 252 g/mol. The van der Waals surface area contributed by atoms with Crippen LogP contribution in [0.1, 0.15) is 11.4 Å². The van der Waals surface area contributed by atoms with Gasteiger partial charge in [0.2, 0.25) is 5.96 Å². The highest BCUT2D eigenvalue weighted by molar-refractivity contribution is 7.09. The van der Waals surface area contributed by atoms with Crippen molar-refractivity contribution >= 4 is 17.3 Å². The lowest BCUT2D eigenvalue weighted by Gasteiger charge is -2.13. The molecule has 0 atom stereocenters. The fourth-order valence-corrected chi connectivity index (χ4v) is 1.97. The molecule has 0 aromatic carbocycles. The second-order valence-corrected chi connectivity index (χ2v) is 4.50. The lowest BCUT2D eigenvalue weighted by molar-refractivity contribution is 0.324. The van der Waals surface area contributed by atoms with Crippen molar-refractivity contribution in [1.82, 2.24) is 15.2 Å². The van der Waals surface area contributed by atoms with Gasteiger partial charge in [-0.3, -0.25) is 15.2 Å². The highest BCUT2D eigenvalue weighted by atomic mass is 32.1. The summed E-state index contributed by atoms with van der Waals surface area (Å²) in [6.45, 7) is 2.39. The molecule has 3 N–H and O–H groups in total. The van der Waals surface area contributed by atoms with E-state index in [0.717, 1.165) is 24.5 Å². The minimum Gasteiger partial charge on any atom is -0.369 e. The third-order valence-electron chi connectivity index (χ3n) is 2.05. The van der Waals surface area contributed by atoms with Crippen molar-refractivity contribution in [1.29, 1.82) is 5.26 Å². The topological polar surface area (TPSA) is 90.3 Å². The maximum atomic E-state index is 8.29. The van der Waals surface area contributed by atoms with E-state index in [1.165, 1.54) is 0 Å². The Hall–Kier alpha value is -1.65. The van der Waals surface area contributed by atoms with Crippen LogP contribution in [0.4, 0.5) is 0 Å². The van der Waals surface area contributed by atoms with E-state index >= 15 is 0 Å². The summed E-state index contributed by atoms with van der Waals surface area (Å²) < 4.78 is 0. The quantitative estimate of drug-likeness (QED) is 0.251. The first-order valence-corrected chi connectivity index (χ1v) is 6.12. The summed E-state index contributed by atoms with van der Waals surface area (Å²) in [5.74, 6) is 0.176. The molecule has 1 aromatic heterocycles. The zero-order valence-electron chi connectivity index (χ0n) is 9.76. The number of nitrogens with one attached hydrogen (secondary N) is 1. The van der Waals surface area contributed by atoms with Gasteiger partial charge < -0.3 is 5.73 Å². The van der Waals surface area contributed by atoms with Gasteiger partial charge in [-0.1, -0.05) is 0 Å². The Kier molecular flexibility index (Phi) is 5.99. The Labute approximate surface area is 105 Å². The van der Waals surface area contributed by atoms with Gasteiger partial charge in [-0.05, 0) is 13.5 Å². The van der Waals surface area contributed by atoms with Gasteiger partial charge in [-0.25, -0.2) is 4.98 Å². The second kappa shape index (κ2) is 7.60. The number of nitriles is 1. The molecule has 0 aliphatic carbocycles.